The first-order chi connectivity index (χ1) is 14.7. The lowest BCUT2D eigenvalue weighted by Gasteiger charge is -2.26. The molecule has 0 spiro atoms. The van der Waals surface area contributed by atoms with E-state index in [0.29, 0.717) is 39.3 Å². The minimum absolute atomic E-state index is 0.0607. The number of amides is 2. The second-order valence-electron chi connectivity index (χ2n) is 7.81. The van der Waals surface area contributed by atoms with Crippen LogP contribution in [0.4, 0.5) is 0 Å². The number of carbonyl (C=O) groups excluding carboxylic acids is 2. The molecule has 2 aliphatic heterocycles. The first-order valence-corrected chi connectivity index (χ1v) is 11.1. The smallest absolute Gasteiger partial charge is 0.264 e. The molecule has 8 heteroatoms. The van der Waals surface area contributed by atoms with Crippen LogP contribution in [0.1, 0.15) is 32.1 Å². The van der Waals surface area contributed by atoms with Crippen LogP contribution in [0.2, 0.25) is 0 Å². The summed E-state index contributed by atoms with van der Waals surface area (Å²) in [5.74, 6) is 1.55. The summed E-state index contributed by atoms with van der Waals surface area (Å²) in [6.45, 7) is 3.19. The van der Waals surface area contributed by atoms with Gasteiger partial charge in [-0.05, 0) is 48.6 Å². The number of morpholine rings is 1. The van der Waals surface area contributed by atoms with Gasteiger partial charge in [0.2, 0.25) is 12.7 Å². The molecule has 3 aliphatic rings. The predicted molar refractivity (Wildman–Crippen MR) is 111 cm³/mol. The van der Waals surface area contributed by atoms with Crippen molar-refractivity contribution in [2.24, 2.45) is 5.92 Å². The lowest BCUT2D eigenvalue weighted by Crippen LogP contribution is -2.40. The molecule has 1 fully saturated rings. The summed E-state index contributed by atoms with van der Waals surface area (Å²) >= 11 is 1.58. The number of benzene rings is 1. The van der Waals surface area contributed by atoms with E-state index in [1.807, 2.05) is 29.2 Å². The maximum Gasteiger partial charge on any atom is 0.264 e. The van der Waals surface area contributed by atoms with E-state index in [-0.39, 0.29) is 24.5 Å². The number of hydrogen-bond donors (Lipinski definition) is 1. The van der Waals surface area contributed by atoms with E-state index in [9.17, 15) is 9.59 Å². The van der Waals surface area contributed by atoms with Gasteiger partial charge < -0.3 is 24.4 Å². The summed E-state index contributed by atoms with van der Waals surface area (Å²) in [5.41, 5.74) is 2.13. The van der Waals surface area contributed by atoms with Crippen LogP contribution >= 0.6 is 11.3 Å². The Hall–Kier alpha value is -2.58. The van der Waals surface area contributed by atoms with Crippen molar-refractivity contribution in [2.75, 3.05) is 33.1 Å². The number of ether oxygens (including phenoxy) is 3. The molecule has 0 unspecified atom stereocenters. The van der Waals surface area contributed by atoms with Crippen molar-refractivity contribution in [3.8, 4) is 11.5 Å². The van der Waals surface area contributed by atoms with E-state index >= 15 is 0 Å². The van der Waals surface area contributed by atoms with Crippen molar-refractivity contribution >= 4 is 23.2 Å². The van der Waals surface area contributed by atoms with Crippen molar-refractivity contribution in [3.63, 3.8) is 0 Å². The van der Waals surface area contributed by atoms with Crippen molar-refractivity contribution < 1.29 is 23.8 Å². The number of aryl methyl sites for hydroxylation is 1. The fraction of sp³-hybridized carbons (Fsp3) is 0.455. The first-order valence-electron chi connectivity index (χ1n) is 10.3. The Morgan fingerprint density at radius 2 is 1.97 bits per heavy atom. The van der Waals surface area contributed by atoms with Gasteiger partial charge in [-0.2, -0.15) is 0 Å². The van der Waals surface area contributed by atoms with Crippen molar-refractivity contribution in [1.82, 2.24) is 10.2 Å². The Kier molecular flexibility index (Phi) is 5.35. The minimum Gasteiger partial charge on any atom is -0.454 e. The maximum absolute atomic E-state index is 12.8. The normalized spacial score (nSPS) is 20.0. The lowest BCUT2D eigenvalue weighted by molar-refractivity contribution is -0.125. The third-order valence-electron chi connectivity index (χ3n) is 5.87. The zero-order valence-electron chi connectivity index (χ0n) is 16.6. The van der Waals surface area contributed by atoms with E-state index in [0.717, 1.165) is 40.3 Å². The van der Waals surface area contributed by atoms with Crippen molar-refractivity contribution in [1.29, 1.82) is 0 Å². The maximum atomic E-state index is 12.8. The third-order valence-corrected chi connectivity index (χ3v) is 7.09. The molecule has 1 aromatic heterocycles. The predicted octanol–water partition coefficient (Wildman–Crippen LogP) is 2.37. The summed E-state index contributed by atoms with van der Waals surface area (Å²) in [6, 6.07) is 7.71. The lowest BCUT2D eigenvalue weighted by atomic mass is 9.87. The number of nitrogens with one attached hydrogen (secondary N) is 1. The summed E-state index contributed by atoms with van der Waals surface area (Å²) in [6.07, 6.45) is 2.35. The molecule has 1 saturated heterocycles. The van der Waals surface area contributed by atoms with Crippen LogP contribution in [-0.2, 0) is 28.9 Å². The molecule has 1 atom stereocenters. The number of rotatable bonds is 4. The number of fused-ring (bicyclic) bond motifs is 2. The minimum atomic E-state index is -0.0625. The number of thiophene rings is 1. The summed E-state index contributed by atoms with van der Waals surface area (Å²) in [7, 11) is 0. The standard InChI is InChI=1S/C22H24N2O5S/c25-21(23-12-14-1-3-17-18(9-14)29-13-28-17)15-2-4-19-16(10-15)11-20(30-19)22(26)24-5-7-27-8-6-24/h1,3,9,11,15H,2,4-8,10,12-13H2,(H,23,25)/t15-/m0/s1. The van der Waals surface area contributed by atoms with Gasteiger partial charge in [0.25, 0.3) is 5.91 Å². The molecule has 1 N–H and O–H groups in total. The fourth-order valence-electron chi connectivity index (χ4n) is 4.16. The van der Waals surface area contributed by atoms with Gasteiger partial charge in [-0.25, -0.2) is 0 Å². The molecule has 2 aromatic rings. The summed E-state index contributed by atoms with van der Waals surface area (Å²) in [5, 5.41) is 3.05. The zero-order valence-corrected chi connectivity index (χ0v) is 17.5. The van der Waals surface area contributed by atoms with Crippen LogP contribution in [0.25, 0.3) is 0 Å². The van der Waals surface area contributed by atoms with Gasteiger partial charge in [-0.1, -0.05) is 6.07 Å². The average Bonchev–Trinajstić information content (AvgIpc) is 3.43. The molecule has 5 rings (SSSR count). The monoisotopic (exact) mass is 428 g/mol. The highest BCUT2D eigenvalue weighted by molar-refractivity contribution is 7.14. The van der Waals surface area contributed by atoms with Gasteiger partial charge in [0.1, 0.15) is 0 Å². The highest BCUT2D eigenvalue weighted by Gasteiger charge is 2.29. The van der Waals surface area contributed by atoms with E-state index in [1.54, 1.807) is 11.3 Å². The van der Waals surface area contributed by atoms with Gasteiger partial charge in [-0.3, -0.25) is 9.59 Å². The van der Waals surface area contributed by atoms with Crippen LogP contribution in [-0.4, -0.2) is 49.8 Å². The number of carbonyl (C=O) groups is 2. The van der Waals surface area contributed by atoms with E-state index < -0.39 is 0 Å². The molecule has 7 nitrogen and oxygen atoms in total. The Bertz CT molecular complexity index is 966. The number of nitrogens with zero attached hydrogens (tertiary/aromatic N) is 1. The second-order valence-corrected chi connectivity index (χ2v) is 8.95. The average molecular weight is 429 g/mol. The molecular weight excluding hydrogens is 404 g/mol. The van der Waals surface area contributed by atoms with Crippen LogP contribution in [0.5, 0.6) is 11.5 Å². The summed E-state index contributed by atoms with van der Waals surface area (Å²) < 4.78 is 16.1. The fourth-order valence-corrected chi connectivity index (χ4v) is 5.34. The van der Waals surface area contributed by atoms with Crippen LogP contribution < -0.4 is 14.8 Å². The topological polar surface area (TPSA) is 77.1 Å². The van der Waals surface area contributed by atoms with Gasteiger partial charge in [0.05, 0.1) is 18.1 Å². The molecule has 1 aromatic carbocycles. The van der Waals surface area contributed by atoms with Crippen molar-refractivity contribution in [2.45, 2.75) is 25.8 Å². The molecule has 0 saturated carbocycles. The Morgan fingerprint density at radius 3 is 2.83 bits per heavy atom. The first kappa shape index (κ1) is 19.4. The molecule has 158 valence electrons. The van der Waals surface area contributed by atoms with E-state index in [4.69, 9.17) is 14.2 Å². The van der Waals surface area contributed by atoms with Crippen LogP contribution in [0, 0.1) is 5.92 Å². The molecule has 30 heavy (non-hydrogen) atoms. The van der Waals surface area contributed by atoms with E-state index in [1.165, 1.54) is 4.88 Å². The van der Waals surface area contributed by atoms with Gasteiger partial charge in [0, 0.05) is 30.4 Å². The molecule has 1 aliphatic carbocycles. The molecule has 0 radical (unpaired) electrons. The third kappa shape index (κ3) is 3.89. The highest BCUT2D eigenvalue weighted by atomic mass is 32.1. The van der Waals surface area contributed by atoms with Crippen molar-refractivity contribution in [3.05, 3.63) is 45.1 Å². The molecule has 3 heterocycles. The van der Waals surface area contributed by atoms with Crippen LogP contribution in [0.15, 0.2) is 24.3 Å². The SMILES string of the molecule is O=C(NCc1ccc2c(c1)OCO2)[C@H]1CCc2sc(C(=O)N3CCOCC3)cc2C1. The van der Waals surface area contributed by atoms with E-state index in [2.05, 4.69) is 5.32 Å². The van der Waals surface area contributed by atoms with Gasteiger partial charge in [0.15, 0.2) is 11.5 Å². The Morgan fingerprint density at radius 1 is 1.13 bits per heavy atom. The summed E-state index contributed by atoms with van der Waals surface area (Å²) in [4.78, 5) is 29.4. The molecule has 0 bridgehead atoms. The second kappa shape index (κ2) is 8.28. The number of hydrogen-bond acceptors (Lipinski definition) is 6. The Balaban J connectivity index is 1.19. The largest absolute Gasteiger partial charge is 0.454 e. The molecular formula is C22H24N2O5S. The quantitative estimate of drug-likeness (QED) is 0.809. The van der Waals surface area contributed by atoms with Gasteiger partial charge >= 0.3 is 0 Å². The van der Waals surface area contributed by atoms with Crippen LogP contribution in [0.3, 0.4) is 0 Å². The van der Waals surface area contributed by atoms with Gasteiger partial charge in [-0.15, -0.1) is 11.3 Å². The molecule has 2 amide bonds. The highest BCUT2D eigenvalue weighted by Crippen LogP contribution is 2.34. The Labute approximate surface area is 178 Å². The zero-order chi connectivity index (χ0) is 20.5.